The van der Waals surface area contributed by atoms with Crippen LogP contribution in [0.25, 0.3) is 11.4 Å². The van der Waals surface area contributed by atoms with Crippen molar-refractivity contribution >= 4 is 22.9 Å². The van der Waals surface area contributed by atoms with Gasteiger partial charge < -0.3 is 10.1 Å². The van der Waals surface area contributed by atoms with E-state index in [9.17, 15) is 4.79 Å². The monoisotopic (exact) mass is 402 g/mol. The number of carbonyl (C=O) groups excluding carboxylic acids is 1. The number of amides is 1. The van der Waals surface area contributed by atoms with Gasteiger partial charge in [0.05, 0.1) is 5.56 Å². The van der Waals surface area contributed by atoms with E-state index < -0.39 is 0 Å². The smallest absolute Gasteiger partial charge is 0.256 e. The number of anilines is 1. The molecule has 3 aromatic heterocycles. The number of thiophene rings is 1. The van der Waals surface area contributed by atoms with Crippen molar-refractivity contribution < 1.29 is 9.53 Å². The van der Waals surface area contributed by atoms with Crippen molar-refractivity contribution in [2.75, 3.05) is 5.32 Å². The number of ether oxygens (including phenoxy) is 1. The van der Waals surface area contributed by atoms with Crippen LogP contribution in [-0.2, 0) is 6.42 Å². The summed E-state index contributed by atoms with van der Waals surface area (Å²) in [5, 5.41) is 6.55. The van der Waals surface area contributed by atoms with E-state index in [1.165, 1.54) is 11.3 Å². The Balaban J connectivity index is 1.51. The average molecular weight is 402 g/mol. The molecule has 144 valence electrons. The molecule has 0 spiro atoms. The molecule has 0 fully saturated rings. The normalized spacial score (nSPS) is 10.5. The second kappa shape index (κ2) is 8.62. The Morgan fingerprint density at radius 2 is 1.86 bits per heavy atom. The van der Waals surface area contributed by atoms with E-state index in [1.54, 1.807) is 42.7 Å². The maximum Gasteiger partial charge on any atom is 0.256 e. The van der Waals surface area contributed by atoms with Crippen molar-refractivity contribution in [3.8, 4) is 23.0 Å². The third-order valence-electron chi connectivity index (χ3n) is 4.17. The Bertz CT molecular complexity index is 1100. The topological polar surface area (TPSA) is 77.0 Å². The van der Waals surface area contributed by atoms with Gasteiger partial charge in [-0.2, -0.15) is 16.3 Å². The standard InChI is InChI=1S/C22H18N4O2S/c1-2-17-13-20(26-21(24-17)15-7-10-23-11-8-15)28-19-5-3-18(4-6-19)25-22(27)16-9-12-29-14-16/h3-14H,2H2,1H3,(H,25,27). The molecule has 6 nitrogen and oxygen atoms in total. The molecule has 0 saturated heterocycles. The SMILES string of the molecule is CCc1cc(Oc2ccc(NC(=O)c3ccsc3)cc2)nc(-c2ccncc2)n1. The van der Waals surface area contributed by atoms with E-state index in [4.69, 9.17) is 4.74 Å². The first-order valence-electron chi connectivity index (χ1n) is 9.11. The van der Waals surface area contributed by atoms with Gasteiger partial charge in [0.25, 0.3) is 5.91 Å². The summed E-state index contributed by atoms with van der Waals surface area (Å²) < 4.78 is 5.94. The Kier molecular flexibility index (Phi) is 5.58. The van der Waals surface area contributed by atoms with Gasteiger partial charge in [-0.1, -0.05) is 6.92 Å². The molecule has 0 atom stereocenters. The van der Waals surface area contributed by atoms with Gasteiger partial charge in [0.2, 0.25) is 5.88 Å². The van der Waals surface area contributed by atoms with Crippen molar-refractivity contribution in [2.24, 2.45) is 0 Å². The first-order valence-corrected chi connectivity index (χ1v) is 10.1. The van der Waals surface area contributed by atoms with E-state index in [1.807, 2.05) is 35.9 Å². The molecule has 0 saturated carbocycles. The first-order chi connectivity index (χ1) is 14.2. The molecule has 0 radical (unpaired) electrons. The van der Waals surface area contributed by atoms with Crippen LogP contribution in [0.5, 0.6) is 11.6 Å². The number of pyridine rings is 1. The minimum absolute atomic E-state index is 0.134. The molecule has 0 aliphatic rings. The molecule has 0 unspecified atom stereocenters. The van der Waals surface area contributed by atoms with Crippen LogP contribution in [0.15, 0.2) is 71.7 Å². The Morgan fingerprint density at radius 1 is 1.07 bits per heavy atom. The van der Waals surface area contributed by atoms with Gasteiger partial charge in [-0.05, 0) is 54.3 Å². The Hall–Kier alpha value is -3.58. The van der Waals surface area contributed by atoms with E-state index >= 15 is 0 Å². The van der Waals surface area contributed by atoms with Crippen LogP contribution in [0.3, 0.4) is 0 Å². The lowest BCUT2D eigenvalue weighted by atomic mass is 10.2. The van der Waals surface area contributed by atoms with Gasteiger partial charge in [-0.25, -0.2) is 4.98 Å². The van der Waals surface area contributed by atoms with E-state index in [0.29, 0.717) is 28.7 Å². The van der Waals surface area contributed by atoms with E-state index in [0.717, 1.165) is 17.7 Å². The molecule has 29 heavy (non-hydrogen) atoms. The van der Waals surface area contributed by atoms with Gasteiger partial charge in [0.15, 0.2) is 5.82 Å². The van der Waals surface area contributed by atoms with Crippen molar-refractivity contribution in [3.63, 3.8) is 0 Å². The van der Waals surface area contributed by atoms with Crippen LogP contribution in [0.1, 0.15) is 23.0 Å². The molecule has 4 rings (SSSR count). The number of nitrogens with one attached hydrogen (secondary N) is 1. The first kappa shape index (κ1) is 18.8. The van der Waals surface area contributed by atoms with Gasteiger partial charge in [-0.3, -0.25) is 9.78 Å². The van der Waals surface area contributed by atoms with E-state index in [-0.39, 0.29) is 5.91 Å². The number of carbonyl (C=O) groups is 1. The van der Waals surface area contributed by atoms with Gasteiger partial charge in [0, 0.05) is 40.8 Å². The lowest BCUT2D eigenvalue weighted by molar-refractivity contribution is 0.102. The molecule has 7 heteroatoms. The number of benzene rings is 1. The highest BCUT2D eigenvalue weighted by molar-refractivity contribution is 7.08. The Morgan fingerprint density at radius 3 is 2.55 bits per heavy atom. The zero-order valence-electron chi connectivity index (χ0n) is 15.7. The summed E-state index contributed by atoms with van der Waals surface area (Å²) in [7, 11) is 0. The highest BCUT2D eigenvalue weighted by atomic mass is 32.1. The average Bonchev–Trinajstić information content (AvgIpc) is 3.31. The quantitative estimate of drug-likeness (QED) is 0.479. The van der Waals surface area contributed by atoms with Crippen molar-refractivity contribution in [3.05, 3.63) is 82.9 Å². The number of rotatable bonds is 6. The number of hydrogen-bond acceptors (Lipinski definition) is 6. The summed E-state index contributed by atoms with van der Waals surface area (Å²) in [6, 6.07) is 14.5. The summed E-state index contributed by atoms with van der Waals surface area (Å²) >= 11 is 1.49. The molecule has 1 aromatic carbocycles. The fraction of sp³-hybridized carbons (Fsp3) is 0.0909. The zero-order chi connectivity index (χ0) is 20.1. The second-order valence-electron chi connectivity index (χ2n) is 6.20. The fourth-order valence-corrected chi connectivity index (χ4v) is 3.30. The molecule has 1 amide bonds. The van der Waals surface area contributed by atoms with Crippen LogP contribution in [-0.4, -0.2) is 20.9 Å². The van der Waals surface area contributed by atoms with Gasteiger partial charge in [-0.15, -0.1) is 0 Å². The highest BCUT2D eigenvalue weighted by Gasteiger charge is 2.09. The summed E-state index contributed by atoms with van der Waals surface area (Å²) in [5.41, 5.74) is 3.11. The number of nitrogens with zero attached hydrogens (tertiary/aromatic N) is 3. The molecular weight excluding hydrogens is 384 g/mol. The molecule has 3 heterocycles. The molecule has 0 aliphatic heterocycles. The van der Waals surface area contributed by atoms with Crippen LogP contribution in [0.4, 0.5) is 5.69 Å². The van der Waals surface area contributed by atoms with Crippen LogP contribution >= 0.6 is 11.3 Å². The molecule has 0 bridgehead atoms. The fourth-order valence-electron chi connectivity index (χ4n) is 2.66. The molecule has 1 N–H and O–H groups in total. The zero-order valence-corrected chi connectivity index (χ0v) is 16.5. The lowest BCUT2D eigenvalue weighted by Gasteiger charge is -2.10. The summed E-state index contributed by atoms with van der Waals surface area (Å²) in [6.45, 7) is 2.04. The van der Waals surface area contributed by atoms with Gasteiger partial charge in [0.1, 0.15) is 5.75 Å². The number of aryl methyl sites for hydroxylation is 1. The number of aromatic nitrogens is 3. The molecule has 0 aliphatic carbocycles. The van der Waals surface area contributed by atoms with Crippen molar-refractivity contribution in [1.29, 1.82) is 0 Å². The van der Waals surface area contributed by atoms with Crippen LogP contribution in [0, 0.1) is 0 Å². The van der Waals surface area contributed by atoms with E-state index in [2.05, 4.69) is 20.3 Å². The highest BCUT2D eigenvalue weighted by Crippen LogP contribution is 2.25. The largest absolute Gasteiger partial charge is 0.439 e. The van der Waals surface area contributed by atoms with Crippen molar-refractivity contribution in [2.45, 2.75) is 13.3 Å². The summed E-state index contributed by atoms with van der Waals surface area (Å²) in [6.07, 6.45) is 4.19. The predicted molar refractivity (Wildman–Crippen MR) is 113 cm³/mol. The second-order valence-corrected chi connectivity index (χ2v) is 6.98. The molecule has 4 aromatic rings. The van der Waals surface area contributed by atoms with Crippen LogP contribution < -0.4 is 10.1 Å². The Labute approximate surface area is 172 Å². The maximum atomic E-state index is 12.1. The van der Waals surface area contributed by atoms with Crippen LogP contribution in [0.2, 0.25) is 0 Å². The number of hydrogen-bond donors (Lipinski definition) is 1. The minimum Gasteiger partial charge on any atom is -0.439 e. The maximum absolute atomic E-state index is 12.1. The third-order valence-corrected chi connectivity index (χ3v) is 4.86. The predicted octanol–water partition coefficient (Wildman–Crippen LogP) is 5.21. The molecular formula is C22H18N4O2S. The summed E-state index contributed by atoms with van der Waals surface area (Å²) in [4.78, 5) is 25.3. The lowest BCUT2D eigenvalue weighted by Crippen LogP contribution is -2.10. The van der Waals surface area contributed by atoms with Crippen molar-refractivity contribution in [1.82, 2.24) is 15.0 Å². The summed E-state index contributed by atoms with van der Waals surface area (Å²) in [5.74, 6) is 1.56. The third kappa shape index (κ3) is 4.64. The van der Waals surface area contributed by atoms with Gasteiger partial charge >= 0.3 is 0 Å². The minimum atomic E-state index is -0.134.